The number of pyridine rings is 1. The van der Waals surface area contributed by atoms with Crippen LogP contribution in [0.1, 0.15) is 18.4 Å². The van der Waals surface area contributed by atoms with Crippen LogP contribution < -0.4 is 4.74 Å². The monoisotopic (exact) mass is 318 g/mol. The molecule has 0 spiro atoms. The Kier molecular flexibility index (Phi) is 4.43. The Hall–Kier alpha value is -2.39. The van der Waals surface area contributed by atoms with Crippen molar-refractivity contribution in [3.63, 3.8) is 0 Å². The molecule has 24 heavy (non-hydrogen) atoms. The molecule has 3 heteroatoms. The second-order valence-electron chi connectivity index (χ2n) is 6.42. The summed E-state index contributed by atoms with van der Waals surface area (Å²) in [7, 11) is 0. The molecule has 3 nitrogen and oxygen atoms in total. The molecule has 0 radical (unpaired) electrons. The average Bonchev–Trinajstić information content (AvgIpc) is 2.65. The van der Waals surface area contributed by atoms with Crippen molar-refractivity contribution in [1.29, 1.82) is 0 Å². The molecule has 1 aromatic heterocycles. The van der Waals surface area contributed by atoms with Gasteiger partial charge in [-0.05, 0) is 35.9 Å². The molecule has 0 atom stereocenters. The van der Waals surface area contributed by atoms with E-state index in [0.717, 1.165) is 43.7 Å². The van der Waals surface area contributed by atoms with Crippen molar-refractivity contribution in [3.05, 3.63) is 72.4 Å². The average molecular weight is 318 g/mol. The van der Waals surface area contributed by atoms with Gasteiger partial charge in [-0.3, -0.25) is 4.90 Å². The number of nitrogens with zero attached hydrogens (tertiary/aromatic N) is 2. The number of hydrogen-bond donors (Lipinski definition) is 0. The van der Waals surface area contributed by atoms with Crippen LogP contribution in [0.4, 0.5) is 0 Å². The highest BCUT2D eigenvalue weighted by Gasteiger charge is 2.21. The summed E-state index contributed by atoms with van der Waals surface area (Å²) < 4.78 is 6.23. The van der Waals surface area contributed by atoms with Gasteiger partial charge >= 0.3 is 0 Å². The number of benzene rings is 2. The normalized spacial score (nSPS) is 16.3. The summed E-state index contributed by atoms with van der Waals surface area (Å²) in [5.74, 6) is 0.773. The van der Waals surface area contributed by atoms with Crippen LogP contribution in [-0.2, 0) is 6.54 Å². The van der Waals surface area contributed by atoms with Crippen molar-refractivity contribution in [2.75, 3.05) is 13.1 Å². The minimum Gasteiger partial charge on any atom is -0.474 e. The minimum absolute atomic E-state index is 0.260. The van der Waals surface area contributed by atoms with E-state index in [1.165, 1.54) is 10.9 Å². The van der Waals surface area contributed by atoms with Crippen LogP contribution in [0.5, 0.6) is 5.88 Å². The molecule has 122 valence electrons. The molecule has 0 aliphatic carbocycles. The Morgan fingerprint density at radius 1 is 0.917 bits per heavy atom. The third-order valence-electron chi connectivity index (χ3n) is 4.70. The Morgan fingerprint density at radius 3 is 2.50 bits per heavy atom. The lowest BCUT2D eigenvalue weighted by Crippen LogP contribution is -2.37. The van der Waals surface area contributed by atoms with Gasteiger partial charge in [-0.25, -0.2) is 4.98 Å². The maximum absolute atomic E-state index is 6.23. The molecule has 0 saturated carbocycles. The van der Waals surface area contributed by atoms with Gasteiger partial charge in [0, 0.05) is 31.2 Å². The zero-order valence-electron chi connectivity index (χ0n) is 13.8. The molecule has 1 aliphatic rings. The van der Waals surface area contributed by atoms with Crippen molar-refractivity contribution in [1.82, 2.24) is 9.88 Å². The first-order valence-electron chi connectivity index (χ1n) is 8.65. The van der Waals surface area contributed by atoms with Crippen LogP contribution in [-0.4, -0.2) is 29.1 Å². The van der Waals surface area contributed by atoms with Gasteiger partial charge < -0.3 is 4.74 Å². The van der Waals surface area contributed by atoms with Crippen molar-refractivity contribution in [2.45, 2.75) is 25.5 Å². The molecular weight excluding hydrogens is 296 g/mol. The maximum atomic E-state index is 6.23. The van der Waals surface area contributed by atoms with Gasteiger partial charge in [0.25, 0.3) is 0 Å². The van der Waals surface area contributed by atoms with Crippen LogP contribution in [0.2, 0.25) is 0 Å². The fourth-order valence-corrected chi connectivity index (χ4v) is 3.37. The number of aromatic nitrogens is 1. The molecule has 0 bridgehead atoms. The molecule has 1 aliphatic heterocycles. The second kappa shape index (κ2) is 7.02. The molecular formula is C21H22N2O. The topological polar surface area (TPSA) is 25.4 Å². The largest absolute Gasteiger partial charge is 0.474 e. The summed E-state index contributed by atoms with van der Waals surface area (Å²) in [6, 6.07) is 21.0. The Morgan fingerprint density at radius 2 is 1.67 bits per heavy atom. The molecule has 1 saturated heterocycles. The van der Waals surface area contributed by atoms with E-state index in [1.54, 1.807) is 0 Å². The molecule has 0 amide bonds. The lowest BCUT2D eigenvalue weighted by atomic mass is 10.1. The SMILES string of the molecule is c1ccc(CN2CCC(Oc3nccc4ccccc34)CC2)cc1. The smallest absolute Gasteiger partial charge is 0.221 e. The third kappa shape index (κ3) is 3.41. The molecule has 0 unspecified atom stereocenters. The predicted molar refractivity (Wildman–Crippen MR) is 97.1 cm³/mol. The predicted octanol–water partition coefficient (Wildman–Crippen LogP) is 4.28. The van der Waals surface area contributed by atoms with E-state index in [2.05, 4.69) is 52.3 Å². The van der Waals surface area contributed by atoms with Crippen LogP contribution in [0.15, 0.2) is 66.9 Å². The zero-order valence-corrected chi connectivity index (χ0v) is 13.8. The lowest BCUT2D eigenvalue weighted by Gasteiger charge is -2.32. The summed E-state index contributed by atoms with van der Waals surface area (Å²) >= 11 is 0. The summed E-state index contributed by atoms with van der Waals surface area (Å²) in [4.78, 5) is 6.96. The van der Waals surface area contributed by atoms with E-state index in [0.29, 0.717) is 0 Å². The molecule has 1 fully saturated rings. The first kappa shape index (κ1) is 15.2. The highest BCUT2D eigenvalue weighted by Crippen LogP contribution is 2.26. The number of piperidine rings is 1. The number of fused-ring (bicyclic) bond motifs is 1. The number of rotatable bonds is 4. The van der Waals surface area contributed by atoms with E-state index < -0.39 is 0 Å². The van der Waals surface area contributed by atoms with Crippen molar-refractivity contribution in [2.24, 2.45) is 0 Å². The van der Waals surface area contributed by atoms with Gasteiger partial charge in [0.15, 0.2) is 0 Å². The van der Waals surface area contributed by atoms with E-state index >= 15 is 0 Å². The Labute approximate surface area is 142 Å². The number of ether oxygens (including phenoxy) is 1. The van der Waals surface area contributed by atoms with Crippen LogP contribution in [0.25, 0.3) is 10.8 Å². The van der Waals surface area contributed by atoms with Crippen LogP contribution in [0.3, 0.4) is 0 Å². The molecule has 0 N–H and O–H groups in total. The fourth-order valence-electron chi connectivity index (χ4n) is 3.37. The van der Waals surface area contributed by atoms with E-state index in [1.807, 2.05) is 24.4 Å². The van der Waals surface area contributed by atoms with E-state index in [-0.39, 0.29) is 6.10 Å². The Bertz CT molecular complexity index is 790. The van der Waals surface area contributed by atoms with E-state index in [4.69, 9.17) is 4.74 Å². The standard InChI is InChI=1S/C21H22N2O/c1-2-6-17(7-3-1)16-23-14-11-19(12-15-23)24-21-20-9-5-4-8-18(20)10-13-22-21/h1-10,13,19H,11-12,14-16H2. The van der Waals surface area contributed by atoms with Gasteiger partial charge in [-0.15, -0.1) is 0 Å². The first-order chi connectivity index (χ1) is 11.9. The van der Waals surface area contributed by atoms with Gasteiger partial charge in [-0.2, -0.15) is 0 Å². The first-order valence-corrected chi connectivity index (χ1v) is 8.65. The van der Waals surface area contributed by atoms with Crippen LogP contribution in [0, 0.1) is 0 Å². The molecule has 4 rings (SSSR count). The van der Waals surface area contributed by atoms with Gasteiger partial charge in [0.2, 0.25) is 5.88 Å². The molecule has 2 heterocycles. The molecule has 3 aromatic rings. The van der Waals surface area contributed by atoms with Crippen molar-refractivity contribution < 1.29 is 4.74 Å². The van der Waals surface area contributed by atoms with Gasteiger partial charge in [0.1, 0.15) is 6.10 Å². The van der Waals surface area contributed by atoms with Crippen molar-refractivity contribution >= 4 is 10.8 Å². The van der Waals surface area contributed by atoms with E-state index in [9.17, 15) is 0 Å². The highest BCUT2D eigenvalue weighted by atomic mass is 16.5. The van der Waals surface area contributed by atoms with Gasteiger partial charge in [-0.1, -0.05) is 48.5 Å². The minimum atomic E-state index is 0.260. The lowest BCUT2D eigenvalue weighted by molar-refractivity contribution is 0.0945. The summed E-state index contributed by atoms with van der Waals surface area (Å²) in [5.41, 5.74) is 1.38. The summed E-state index contributed by atoms with van der Waals surface area (Å²) in [6.07, 6.45) is 4.20. The third-order valence-corrected chi connectivity index (χ3v) is 4.70. The van der Waals surface area contributed by atoms with Crippen LogP contribution >= 0.6 is 0 Å². The second-order valence-corrected chi connectivity index (χ2v) is 6.42. The number of hydrogen-bond acceptors (Lipinski definition) is 3. The number of likely N-dealkylation sites (tertiary alicyclic amines) is 1. The fraction of sp³-hybridized carbons (Fsp3) is 0.286. The Balaban J connectivity index is 1.38. The van der Waals surface area contributed by atoms with Gasteiger partial charge in [0.05, 0.1) is 0 Å². The summed E-state index contributed by atoms with van der Waals surface area (Å²) in [5, 5.41) is 2.29. The maximum Gasteiger partial charge on any atom is 0.221 e. The summed E-state index contributed by atoms with van der Waals surface area (Å²) in [6.45, 7) is 3.18. The van der Waals surface area contributed by atoms with Crippen molar-refractivity contribution in [3.8, 4) is 5.88 Å². The quantitative estimate of drug-likeness (QED) is 0.718. The zero-order chi connectivity index (χ0) is 16.2. The molecule has 2 aromatic carbocycles. The highest BCUT2D eigenvalue weighted by molar-refractivity contribution is 5.86.